The summed E-state index contributed by atoms with van der Waals surface area (Å²) in [5.41, 5.74) is 8.62. The van der Waals surface area contributed by atoms with Gasteiger partial charge < -0.3 is 11.1 Å². The van der Waals surface area contributed by atoms with Crippen LogP contribution < -0.4 is 5.73 Å². The molecule has 0 fully saturated rings. The summed E-state index contributed by atoms with van der Waals surface area (Å²) in [5, 5.41) is 14.9. The molecule has 78 valence electrons. The molecule has 0 aliphatic carbocycles. The lowest BCUT2D eigenvalue weighted by Crippen LogP contribution is -2.02. The van der Waals surface area contributed by atoms with E-state index in [2.05, 4.69) is 16.8 Å². The fourth-order valence-corrected chi connectivity index (χ4v) is 1.08. The molecule has 0 saturated heterocycles. The van der Waals surface area contributed by atoms with Crippen LogP contribution in [0.2, 0.25) is 0 Å². The number of anilines is 1. The number of hydrogen-bond acceptors (Lipinski definition) is 4. The molecular weight excluding hydrogens is 188 g/mol. The SMILES string of the molecule is C=C(C=N)c1cc(/C(C)=C/C)nnc1N. The Hall–Kier alpha value is -1.97. The largest absolute Gasteiger partial charge is 0.382 e. The molecule has 15 heavy (non-hydrogen) atoms. The lowest BCUT2D eigenvalue weighted by Gasteiger charge is -2.05. The van der Waals surface area contributed by atoms with Gasteiger partial charge >= 0.3 is 0 Å². The highest BCUT2D eigenvalue weighted by Crippen LogP contribution is 2.19. The maximum absolute atomic E-state index is 7.12. The highest BCUT2D eigenvalue weighted by Gasteiger charge is 2.06. The summed E-state index contributed by atoms with van der Waals surface area (Å²) in [4.78, 5) is 0. The second-order valence-electron chi connectivity index (χ2n) is 3.17. The minimum Gasteiger partial charge on any atom is -0.382 e. The Morgan fingerprint density at radius 2 is 2.20 bits per heavy atom. The van der Waals surface area contributed by atoms with Crippen LogP contribution in [0.15, 0.2) is 18.7 Å². The van der Waals surface area contributed by atoms with Crippen molar-refractivity contribution in [1.29, 1.82) is 5.41 Å². The van der Waals surface area contributed by atoms with E-state index in [0.717, 1.165) is 17.5 Å². The third kappa shape index (κ3) is 2.28. The Bertz CT molecular complexity index is 432. The van der Waals surface area contributed by atoms with Crippen molar-refractivity contribution < 1.29 is 0 Å². The van der Waals surface area contributed by atoms with Gasteiger partial charge in [0.1, 0.15) is 0 Å². The summed E-state index contributed by atoms with van der Waals surface area (Å²) < 4.78 is 0. The Kier molecular flexibility index (Phi) is 3.33. The van der Waals surface area contributed by atoms with Gasteiger partial charge in [-0.15, -0.1) is 10.2 Å². The number of nitrogens with one attached hydrogen (secondary N) is 1. The molecule has 1 rings (SSSR count). The quantitative estimate of drug-likeness (QED) is 0.737. The van der Waals surface area contributed by atoms with Crippen molar-refractivity contribution in [3.63, 3.8) is 0 Å². The molecule has 0 bridgehead atoms. The molecule has 0 saturated carbocycles. The maximum atomic E-state index is 7.12. The molecule has 0 aromatic carbocycles. The van der Waals surface area contributed by atoms with Gasteiger partial charge in [0, 0.05) is 11.8 Å². The smallest absolute Gasteiger partial charge is 0.154 e. The van der Waals surface area contributed by atoms with Crippen molar-refractivity contribution in [3.8, 4) is 0 Å². The van der Waals surface area contributed by atoms with Crippen molar-refractivity contribution in [3.05, 3.63) is 30.0 Å². The van der Waals surface area contributed by atoms with Gasteiger partial charge in [-0.25, -0.2) is 0 Å². The Morgan fingerprint density at radius 3 is 2.73 bits per heavy atom. The van der Waals surface area contributed by atoms with Gasteiger partial charge in [-0.2, -0.15) is 0 Å². The zero-order chi connectivity index (χ0) is 11.4. The van der Waals surface area contributed by atoms with E-state index < -0.39 is 0 Å². The van der Waals surface area contributed by atoms with E-state index in [0.29, 0.717) is 17.0 Å². The third-order valence-electron chi connectivity index (χ3n) is 2.18. The van der Waals surface area contributed by atoms with Gasteiger partial charge in [0.2, 0.25) is 0 Å². The summed E-state index contributed by atoms with van der Waals surface area (Å²) in [6, 6.07) is 1.80. The molecule has 1 heterocycles. The van der Waals surface area contributed by atoms with Gasteiger partial charge in [0.25, 0.3) is 0 Å². The minimum atomic E-state index is 0.302. The van der Waals surface area contributed by atoms with Gasteiger partial charge in [-0.1, -0.05) is 12.7 Å². The Balaban J connectivity index is 3.28. The Labute approximate surface area is 89.0 Å². The number of nitrogens with two attached hydrogens (primary N) is 1. The molecule has 1 aromatic rings. The molecule has 0 radical (unpaired) electrons. The molecule has 0 aliphatic heterocycles. The molecule has 0 spiro atoms. The number of nitrogens with zero attached hydrogens (tertiary/aromatic N) is 2. The summed E-state index contributed by atoms with van der Waals surface area (Å²) >= 11 is 0. The summed E-state index contributed by atoms with van der Waals surface area (Å²) in [5.74, 6) is 0.302. The number of aromatic nitrogens is 2. The monoisotopic (exact) mass is 202 g/mol. The molecular formula is C11H14N4. The van der Waals surface area contributed by atoms with Crippen LogP contribution in [0.1, 0.15) is 25.1 Å². The number of allylic oxidation sites excluding steroid dienone is 3. The normalized spacial score (nSPS) is 11.2. The first-order chi connectivity index (χ1) is 7.10. The molecule has 0 unspecified atom stereocenters. The van der Waals surface area contributed by atoms with E-state index in [1.165, 1.54) is 0 Å². The number of nitrogen functional groups attached to an aromatic ring is 1. The topological polar surface area (TPSA) is 75.7 Å². The lowest BCUT2D eigenvalue weighted by atomic mass is 10.1. The van der Waals surface area contributed by atoms with Crippen LogP contribution in [-0.2, 0) is 0 Å². The second kappa shape index (κ2) is 4.50. The zero-order valence-electron chi connectivity index (χ0n) is 8.91. The van der Waals surface area contributed by atoms with E-state index in [1.54, 1.807) is 6.07 Å². The first-order valence-corrected chi connectivity index (χ1v) is 4.56. The van der Waals surface area contributed by atoms with Crippen molar-refractivity contribution >= 4 is 23.2 Å². The van der Waals surface area contributed by atoms with E-state index in [9.17, 15) is 0 Å². The molecule has 0 aliphatic rings. The number of hydrogen-bond donors (Lipinski definition) is 2. The van der Waals surface area contributed by atoms with Crippen LogP contribution in [0.25, 0.3) is 11.1 Å². The van der Waals surface area contributed by atoms with Gasteiger partial charge in [-0.05, 0) is 31.1 Å². The highest BCUT2D eigenvalue weighted by atomic mass is 15.1. The van der Waals surface area contributed by atoms with Crippen molar-refractivity contribution in [1.82, 2.24) is 10.2 Å². The molecule has 1 aromatic heterocycles. The van der Waals surface area contributed by atoms with Crippen LogP contribution >= 0.6 is 0 Å². The van der Waals surface area contributed by atoms with E-state index in [4.69, 9.17) is 11.1 Å². The highest BCUT2D eigenvalue weighted by molar-refractivity contribution is 6.09. The van der Waals surface area contributed by atoms with Crippen molar-refractivity contribution in [2.75, 3.05) is 5.73 Å². The van der Waals surface area contributed by atoms with Crippen molar-refractivity contribution in [2.45, 2.75) is 13.8 Å². The lowest BCUT2D eigenvalue weighted by molar-refractivity contribution is 1.01. The fraction of sp³-hybridized carbons (Fsp3) is 0.182. The molecule has 0 amide bonds. The van der Waals surface area contributed by atoms with E-state index in [1.807, 2.05) is 19.9 Å². The van der Waals surface area contributed by atoms with Crippen LogP contribution in [0.3, 0.4) is 0 Å². The molecule has 4 nitrogen and oxygen atoms in total. The predicted octanol–water partition coefficient (Wildman–Crippen LogP) is 2.14. The summed E-state index contributed by atoms with van der Waals surface area (Å²) in [6.45, 7) is 7.59. The van der Waals surface area contributed by atoms with Crippen molar-refractivity contribution in [2.24, 2.45) is 0 Å². The first kappa shape index (κ1) is 11.1. The maximum Gasteiger partial charge on any atom is 0.154 e. The molecule has 3 N–H and O–H groups in total. The number of rotatable bonds is 3. The zero-order valence-corrected chi connectivity index (χ0v) is 8.91. The average molecular weight is 202 g/mol. The minimum absolute atomic E-state index is 0.302. The predicted molar refractivity (Wildman–Crippen MR) is 63.6 cm³/mol. The standard InChI is InChI=1S/C11H14N4/c1-4-7(2)10-5-9(8(3)6-12)11(13)15-14-10/h4-6,12H,3H2,1-2H3,(H2,13,15)/b7-4+,12-6?. The van der Waals surface area contributed by atoms with Crippen LogP contribution in [-0.4, -0.2) is 16.4 Å². The molecule has 0 atom stereocenters. The average Bonchev–Trinajstić information content (AvgIpc) is 2.27. The second-order valence-corrected chi connectivity index (χ2v) is 3.17. The van der Waals surface area contributed by atoms with Gasteiger partial charge in [-0.3, -0.25) is 0 Å². The fourth-order valence-electron chi connectivity index (χ4n) is 1.08. The van der Waals surface area contributed by atoms with Gasteiger partial charge in [0.05, 0.1) is 5.69 Å². The van der Waals surface area contributed by atoms with E-state index >= 15 is 0 Å². The Morgan fingerprint density at radius 1 is 1.53 bits per heavy atom. The first-order valence-electron chi connectivity index (χ1n) is 4.56. The van der Waals surface area contributed by atoms with Crippen LogP contribution in [0.4, 0.5) is 5.82 Å². The van der Waals surface area contributed by atoms with Crippen LogP contribution in [0, 0.1) is 5.41 Å². The summed E-state index contributed by atoms with van der Waals surface area (Å²) in [7, 11) is 0. The summed E-state index contributed by atoms with van der Waals surface area (Å²) in [6.07, 6.45) is 3.10. The van der Waals surface area contributed by atoms with E-state index in [-0.39, 0.29) is 0 Å². The van der Waals surface area contributed by atoms with Gasteiger partial charge in [0.15, 0.2) is 5.82 Å². The molecule has 4 heteroatoms. The third-order valence-corrected chi connectivity index (χ3v) is 2.18. The van der Waals surface area contributed by atoms with Crippen LogP contribution in [0.5, 0.6) is 0 Å².